The molecule has 2 aromatic heterocycles. The van der Waals surface area contributed by atoms with Gasteiger partial charge in [0.25, 0.3) is 5.91 Å². The highest BCUT2D eigenvalue weighted by Gasteiger charge is 2.31. The molecule has 1 aliphatic rings. The molecule has 0 saturated carbocycles. The number of anilines is 1. The highest BCUT2D eigenvalue weighted by molar-refractivity contribution is 7.89. The third-order valence-electron chi connectivity index (χ3n) is 5.10. The number of carbonyl (C=O) groups excluding carboxylic acids is 1. The molecule has 3 aromatic rings. The maximum Gasteiger partial charge on any atom is 0.255 e. The number of hydrogen-bond acceptors (Lipinski definition) is 6. The molecular formula is C20H21ClN6O3S. The summed E-state index contributed by atoms with van der Waals surface area (Å²) in [6.45, 7) is 2.90. The van der Waals surface area contributed by atoms with E-state index in [4.69, 9.17) is 11.6 Å². The van der Waals surface area contributed by atoms with E-state index in [1.165, 1.54) is 39.8 Å². The van der Waals surface area contributed by atoms with Crippen LogP contribution < -0.4 is 5.32 Å². The molecule has 3 heterocycles. The Labute approximate surface area is 185 Å². The van der Waals surface area contributed by atoms with E-state index in [9.17, 15) is 13.2 Å². The third-order valence-corrected chi connectivity index (χ3v) is 7.45. The summed E-state index contributed by atoms with van der Waals surface area (Å²) in [5.74, 6) is 0.168. The summed E-state index contributed by atoms with van der Waals surface area (Å²) in [4.78, 5) is 21.0. The minimum atomic E-state index is -3.81. The van der Waals surface area contributed by atoms with E-state index in [1.807, 2.05) is 6.92 Å². The second-order valence-corrected chi connectivity index (χ2v) is 9.74. The topological polar surface area (TPSA) is 110 Å². The number of hydrogen-bond donors (Lipinski definition) is 1. The van der Waals surface area contributed by atoms with Crippen LogP contribution in [-0.2, 0) is 10.0 Å². The zero-order valence-electron chi connectivity index (χ0n) is 16.8. The van der Waals surface area contributed by atoms with Crippen LogP contribution in [0.2, 0.25) is 5.02 Å². The smallest absolute Gasteiger partial charge is 0.255 e. The SMILES string of the molecule is CC1CCCN(S(=O)(=O)c2cc(C(=O)Nc3cccnc3-n3cncn3)ccc2Cl)C1. The van der Waals surface area contributed by atoms with E-state index in [0.29, 0.717) is 24.6 Å². The van der Waals surface area contributed by atoms with Crippen LogP contribution in [-0.4, -0.2) is 51.5 Å². The van der Waals surface area contributed by atoms with Crippen molar-refractivity contribution in [2.45, 2.75) is 24.7 Å². The van der Waals surface area contributed by atoms with Crippen molar-refractivity contribution in [2.24, 2.45) is 5.92 Å². The van der Waals surface area contributed by atoms with Crippen LogP contribution in [0.15, 0.2) is 54.1 Å². The van der Waals surface area contributed by atoms with Crippen LogP contribution >= 0.6 is 11.6 Å². The third kappa shape index (κ3) is 4.46. The second-order valence-electron chi connectivity index (χ2n) is 7.42. The van der Waals surface area contributed by atoms with Gasteiger partial charge in [-0.15, -0.1) is 0 Å². The van der Waals surface area contributed by atoms with Crippen LogP contribution in [0, 0.1) is 5.92 Å². The Morgan fingerprint density at radius 1 is 1.29 bits per heavy atom. The normalized spacial score (nSPS) is 17.4. The molecule has 0 aliphatic carbocycles. The van der Waals surface area contributed by atoms with Gasteiger partial charge in [0, 0.05) is 24.8 Å². The van der Waals surface area contributed by atoms with Gasteiger partial charge in [-0.1, -0.05) is 18.5 Å². The van der Waals surface area contributed by atoms with Crippen molar-refractivity contribution in [2.75, 3.05) is 18.4 Å². The van der Waals surface area contributed by atoms with Crippen molar-refractivity contribution < 1.29 is 13.2 Å². The van der Waals surface area contributed by atoms with Crippen molar-refractivity contribution in [1.29, 1.82) is 0 Å². The standard InChI is InChI=1S/C20H21ClN6O3S/c1-14-4-3-9-26(11-14)31(29,30)18-10-15(6-7-16(18)21)20(28)25-17-5-2-8-23-19(17)27-13-22-12-24-27/h2,5-8,10,12-14H,3-4,9,11H2,1H3,(H,25,28). The number of halogens is 1. The quantitative estimate of drug-likeness (QED) is 0.626. The summed E-state index contributed by atoms with van der Waals surface area (Å²) in [7, 11) is -3.81. The summed E-state index contributed by atoms with van der Waals surface area (Å²) in [5.41, 5.74) is 0.573. The summed E-state index contributed by atoms with van der Waals surface area (Å²) >= 11 is 6.23. The Hall–Kier alpha value is -2.82. The first-order chi connectivity index (χ1) is 14.9. The van der Waals surface area contributed by atoms with Gasteiger partial charge in [-0.25, -0.2) is 23.1 Å². The molecule has 162 valence electrons. The van der Waals surface area contributed by atoms with Crippen LogP contribution in [0.3, 0.4) is 0 Å². The van der Waals surface area contributed by atoms with Gasteiger partial charge in [0.15, 0.2) is 5.82 Å². The van der Waals surface area contributed by atoms with Gasteiger partial charge in [0.1, 0.15) is 17.6 Å². The summed E-state index contributed by atoms with van der Waals surface area (Å²) in [6.07, 6.45) is 6.17. The molecular weight excluding hydrogens is 440 g/mol. The average Bonchev–Trinajstić information content (AvgIpc) is 3.29. The number of nitrogens with one attached hydrogen (secondary N) is 1. The number of piperidine rings is 1. The van der Waals surface area contributed by atoms with E-state index in [2.05, 4.69) is 20.4 Å². The molecule has 0 radical (unpaired) electrons. The lowest BCUT2D eigenvalue weighted by Crippen LogP contribution is -2.39. The Balaban J connectivity index is 1.63. The second kappa shape index (κ2) is 8.74. The highest BCUT2D eigenvalue weighted by Crippen LogP contribution is 2.29. The van der Waals surface area contributed by atoms with Gasteiger partial charge < -0.3 is 5.32 Å². The number of aromatic nitrogens is 4. The lowest BCUT2D eigenvalue weighted by molar-refractivity contribution is 0.102. The maximum absolute atomic E-state index is 13.2. The molecule has 4 rings (SSSR count). The minimum absolute atomic E-state index is 0.0707. The Kier molecular flexibility index (Phi) is 6.03. The number of rotatable bonds is 5. The molecule has 1 aromatic carbocycles. The van der Waals surface area contributed by atoms with E-state index in [1.54, 1.807) is 18.3 Å². The van der Waals surface area contributed by atoms with E-state index in [0.717, 1.165) is 12.8 Å². The lowest BCUT2D eigenvalue weighted by Gasteiger charge is -2.30. The molecule has 1 fully saturated rings. The number of sulfonamides is 1. The number of pyridine rings is 1. The monoisotopic (exact) mass is 460 g/mol. The van der Waals surface area contributed by atoms with E-state index >= 15 is 0 Å². The number of benzene rings is 1. The number of nitrogens with zero attached hydrogens (tertiary/aromatic N) is 5. The first-order valence-corrected chi connectivity index (χ1v) is 11.6. The van der Waals surface area contributed by atoms with Gasteiger partial charge >= 0.3 is 0 Å². The van der Waals surface area contributed by atoms with Gasteiger partial charge in [0.05, 0.1) is 10.7 Å². The molecule has 1 atom stereocenters. The van der Waals surface area contributed by atoms with Crippen molar-refractivity contribution in [1.82, 2.24) is 24.1 Å². The molecule has 1 amide bonds. The molecule has 1 aliphatic heterocycles. The first-order valence-electron chi connectivity index (χ1n) is 9.77. The molecule has 0 bridgehead atoms. The summed E-state index contributed by atoms with van der Waals surface area (Å²) in [5, 5.41) is 6.87. The van der Waals surface area contributed by atoms with Crippen LogP contribution in [0.25, 0.3) is 5.82 Å². The first kappa shape index (κ1) is 21.4. The maximum atomic E-state index is 13.2. The molecule has 11 heteroatoms. The van der Waals surface area contributed by atoms with Crippen LogP contribution in [0.5, 0.6) is 0 Å². The number of carbonyl (C=O) groups is 1. The Bertz CT molecular complexity index is 1200. The molecule has 1 unspecified atom stereocenters. The minimum Gasteiger partial charge on any atom is -0.319 e. The Morgan fingerprint density at radius 3 is 2.87 bits per heavy atom. The van der Waals surface area contributed by atoms with Gasteiger partial charge in [0.2, 0.25) is 10.0 Å². The summed E-state index contributed by atoms with van der Waals surface area (Å²) < 4.78 is 29.2. The van der Waals surface area contributed by atoms with Crippen molar-refractivity contribution in [3.05, 3.63) is 59.8 Å². The molecule has 31 heavy (non-hydrogen) atoms. The summed E-state index contributed by atoms with van der Waals surface area (Å²) in [6, 6.07) is 7.58. The zero-order chi connectivity index (χ0) is 22.0. The van der Waals surface area contributed by atoms with E-state index < -0.39 is 15.9 Å². The molecule has 1 saturated heterocycles. The van der Waals surface area contributed by atoms with Crippen LogP contribution in [0.1, 0.15) is 30.1 Å². The van der Waals surface area contributed by atoms with Gasteiger partial charge in [-0.3, -0.25) is 4.79 Å². The highest BCUT2D eigenvalue weighted by atomic mass is 35.5. The molecule has 0 spiro atoms. The average molecular weight is 461 g/mol. The molecule has 1 N–H and O–H groups in total. The van der Waals surface area contributed by atoms with Crippen molar-refractivity contribution in [3.8, 4) is 5.82 Å². The van der Waals surface area contributed by atoms with Gasteiger partial charge in [-0.2, -0.15) is 9.40 Å². The van der Waals surface area contributed by atoms with Crippen LogP contribution in [0.4, 0.5) is 5.69 Å². The Morgan fingerprint density at radius 2 is 2.13 bits per heavy atom. The predicted octanol–water partition coefficient (Wildman–Crippen LogP) is 2.99. The zero-order valence-corrected chi connectivity index (χ0v) is 18.3. The molecule has 9 nitrogen and oxygen atoms in total. The largest absolute Gasteiger partial charge is 0.319 e. The lowest BCUT2D eigenvalue weighted by atomic mass is 10.0. The number of amides is 1. The van der Waals surface area contributed by atoms with Crippen molar-refractivity contribution >= 4 is 33.2 Å². The van der Waals surface area contributed by atoms with Gasteiger partial charge in [-0.05, 0) is 49.1 Å². The van der Waals surface area contributed by atoms with Crippen molar-refractivity contribution in [3.63, 3.8) is 0 Å². The fourth-order valence-electron chi connectivity index (χ4n) is 3.54. The fraction of sp³-hybridized carbons (Fsp3) is 0.300. The predicted molar refractivity (Wildman–Crippen MR) is 116 cm³/mol. The fourth-order valence-corrected chi connectivity index (χ4v) is 5.63. The van der Waals surface area contributed by atoms with E-state index in [-0.39, 0.29) is 21.4 Å².